The lowest BCUT2D eigenvalue weighted by atomic mass is 10.2. The van der Waals surface area contributed by atoms with Crippen molar-refractivity contribution in [1.82, 2.24) is 9.97 Å². The van der Waals surface area contributed by atoms with Gasteiger partial charge in [-0.1, -0.05) is 12.8 Å². The summed E-state index contributed by atoms with van der Waals surface area (Å²) in [6.45, 7) is 2.83. The van der Waals surface area contributed by atoms with E-state index in [4.69, 9.17) is 5.73 Å². The molecule has 0 spiro atoms. The van der Waals surface area contributed by atoms with Gasteiger partial charge in [0.15, 0.2) is 11.6 Å². The van der Waals surface area contributed by atoms with E-state index in [1.165, 1.54) is 25.7 Å². The molecule has 1 saturated carbocycles. The molecular weight excluding hydrogens is 202 g/mol. The molecule has 0 aliphatic heterocycles. The SMILES string of the molecule is CCNc1ncnc(NC2CCCC2)c1N. The quantitative estimate of drug-likeness (QED) is 0.723. The molecule has 0 aromatic carbocycles. The maximum Gasteiger partial charge on any atom is 0.155 e. The van der Waals surface area contributed by atoms with Gasteiger partial charge in [-0.05, 0) is 19.8 Å². The predicted molar refractivity (Wildman–Crippen MR) is 66.5 cm³/mol. The van der Waals surface area contributed by atoms with Gasteiger partial charge >= 0.3 is 0 Å². The van der Waals surface area contributed by atoms with Crippen molar-refractivity contribution in [2.24, 2.45) is 0 Å². The summed E-state index contributed by atoms with van der Waals surface area (Å²) in [6, 6.07) is 0.520. The van der Waals surface area contributed by atoms with Crippen LogP contribution in [0.15, 0.2) is 6.33 Å². The number of nitrogens with zero attached hydrogens (tertiary/aromatic N) is 2. The van der Waals surface area contributed by atoms with E-state index in [2.05, 4.69) is 20.6 Å². The summed E-state index contributed by atoms with van der Waals surface area (Å²) in [7, 11) is 0. The van der Waals surface area contributed by atoms with E-state index in [0.29, 0.717) is 11.7 Å². The van der Waals surface area contributed by atoms with Gasteiger partial charge in [-0.2, -0.15) is 0 Å². The Morgan fingerprint density at radius 2 is 2.00 bits per heavy atom. The zero-order chi connectivity index (χ0) is 11.4. The predicted octanol–water partition coefficient (Wildman–Crippen LogP) is 1.85. The molecule has 0 atom stereocenters. The number of nitrogens with two attached hydrogens (primary N) is 1. The van der Waals surface area contributed by atoms with E-state index >= 15 is 0 Å². The summed E-state index contributed by atoms with van der Waals surface area (Å²) in [6.07, 6.45) is 6.55. The van der Waals surface area contributed by atoms with Crippen LogP contribution in [0.2, 0.25) is 0 Å². The summed E-state index contributed by atoms with van der Waals surface area (Å²) >= 11 is 0. The van der Waals surface area contributed by atoms with Gasteiger partial charge < -0.3 is 16.4 Å². The smallest absolute Gasteiger partial charge is 0.155 e. The lowest BCUT2D eigenvalue weighted by Gasteiger charge is -2.15. The lowest BCUT2D eigenvalue weighted by Crippen LogP contribution is -2.18. The van der Waals surface area contributed by atoms with Crippen molar-refractivity contribution in [3.63, 3.8) is 0 Å². The van der Waals surface area contributed by atoms with Crippen molar-refractivity contribution in [1.29, 1.82) is 0 Å². The van der Waals surface area contributed by atoms with Crippen LogP contribution in [0.25, 0.3) is 0 Å². The number of nitrogens with one attached hydrogen (secondary N) is 2. The van der Waals surface area contributed by atoms with Crippen molar-refractivity contribution in [3.05, 3.63) is 6.33 Å². The average Bonchev–Trinajstić information content (AvgIpc) is 2.77. The maximum absolute atomic E-state index is 6.00. The van der Waals surface area contributed by atoms with Crippen LogP contribution in [0.5, 0.6) is 0 Å². The number of aromatic nitrogens is 2. The highest BCUT2D eigenvalue weighted by atomic mass is 15.1. The topological polar surface area (TPSA) is 75.9 Å². The molecule has 1 aromatic heterocycles. The summed E-state index contributed by atoms with van der Waals surface area (Å²) in [5.41, 5.74) is 6.62. The lowest BCUT2D eigenvalue weighted by molar-refractivity contribution is 0.750. The number of hydrogen-bond acceptors (Lipinski definition) is 5. The molecule has 16 heavy (non-hydrogen) atoms. The van der Waals surface area contributed by atoms with Gasteiger partial charge in [0.05, 0.1) is 0 Å². The molecule has 1 fully saturated rings. The normalized spacial score (nSPS) is 16.3. The van der Waals surface area contributed by atoms with Crippen LogP contribution < -0.4 is 16.4 Å². The molecule has 0 radical (unpaired) electrons. The second-order valence-electron chi connectivity index (χ2n) is 4.14. The standard InChI is InChI=1S/C11H19N5/c1-2-13-10-9(12)11(15-7-14-10)16-8-5-3-4-6-8/h7-8H,2-6,12H2,1H3,(H2,13,14,15,16). The monoisotopic (exact) mass is 221 g/mol. The highest BCUT2D eigenvalue weighted by molar-refractivity contribution is 5.74. The Balaban J connectivity index is 2.10. The van der Waals surface area contributed by atoms with Crippen LogP contribution in [0.4, 0.5) is 17.3 Å². The Kier molecular flexibility index (Phi) is 3.44. The molecule has 0 amide bonds. The fourth-order valence-corrected chi connectivity index (χ4v) is 2.08. The molecule has 1 aliphatic carbocycles. The molecular formula is C11H19N5. The van der Waals surface area contributed by atoms with E-state index in [9.17, 15) is 0 Å². The summed E-state index contributed by atoms with van der Waals surface area (Å²) in [4.78, 5) is 8.31. The molecule has 5 nitrogen and oxygen atoms in total. The minimum Gasteiger partial charge on any atom is -0.393 e. The number of rotatable bonds is 4. The summed E-state index contributed by atoms with van der Waals surface area (Å²) in [5.74, 6) is 1.48. The largest absolute Gasteiger partial charge is 0.393 e. The third-order valence-corrected chi connectivity index (χ3v) is 2.92. The second-order valence-corrected chi connectivity index (χ2v) is 4.14. The van der Waals surface area contributed by atoms with Gasteiger partial charge in [-0.15, -0.1) is 0 Å². The van der Waals surface area contributed by atoms with Crippen LogP contribution >= 0.6 is 0 Å². The molecule has 1 aliphatic rings. The van der Waals surface area contributed by atoms with Crippen molar-refractivity contribution < 1.29 is 0 Å². The van der Waals surface area contributed by atoms with Crippen LogP contribution in [0.3, 0.4) is 0 Å². The highest BCUT2D eigenvalue weighted by Crippen LogP contribution is 2.27. The van der Waals surface area contributed by atoms with Crippen LogP contribution in [0, 0.1) is 0 Å². The Morgan fingerprint density at radius 3 is 2.69 bits per heavy atom. The minimum atomic E-state index is 0.520. The zero-order valence-corrected chi connectivity index (χ0v) is 9.66. The van der Waals surface area contributed by atoms with Gasteiger partial charge in [-0.3, -0.25) is 0 Å². The van der Waals surface area contributed by atoms with E-state index < -0.39 is 0 Å². The molecule has 5 heteroatoms. The van der Waals surface area contributed by atoms with E-state index in [1.807, 2.05) is 6.92 Å². The van der Waals surface area contributed by atoms with Crippen LogP contribution in [-0.4, -0.2) is 22.6 Å². The maximum atomic E-state index is 6.00. The van der Waals surface area contributed by atoms with Gasteiger partial charge in [-0.25, -0.2) is 9.97 Å². The Bertz CT molecular complexity index is 346. The molecule has 1 heterocycles. The third kappa shape index (κ3) is 2.35. The van der Waals surface area contributed by atoms with Crippen molar-refractivity contribution in [3.8, 4) is 0 Å². The molecule has 0 saturated heterocycles. The Hall–Kier alpha value is -1.52. The third-order valence-electron chi connectivity index (χ3n) is 2.92. The van der Waals surface area contributed by atoms with Gasteiger partial charge in [0.25, 0.3) is 0 Å². The van der Waals surface area contributed by atoms with Crippen LogP contribution in [0.1, 0.15) is 32.6 Å². The summed E-state index contributed by atoms with van der Waals surface area (Å²) in [5, 5.41) is 6.52. The number of nitrogen functional groups attached to an aromatic ring is 1. The fourth-order valence-electron chi connectivity index (χ4n) is 2.08. The van der Waals surface area contributed by atoms with Crippen molar-refractivity contribution in [2.75, 3.05) is 22.9 Å². The van der Waals surface area contributed by atoms with Crippen molar-refractivity contribution in [2.45, 2.75) is 38.6 Å². The van der Waals surface area contributed by atoms with Gasteiger partial charge in [0.1, 0.15) is 12.0 Å². The van der Waals surface area contributed by atoms with Crippen molar-refractivity contribution >= 4 is 17.3 Å². The highest BCUT2D eigenvalue weighted by Gasteiger charge is 2.17. The molecule has 88 valence electrons. The van der Waals surface area contributed by atoms with Gasteiger partial charge in [0, 0.05) is 12.6 Å². The number of anilines is 3. The number of hydrogen-bond donors (Lipinski definition) is 3. The van der Waals surface area contributed by atoms with Gasteiger partial charge in [0.2, 0.25) is 0 Å². The summed E-state index contributed by atoms with van der Waals surface area (Å²) < 4.78 is 0. The van der Waals surface area contributed by atoms with E-state index in [1.54, 1.807) is 6.33 Å². The van der Waals surface area contributed by atoms with E-state index in [-0.39, 0.29) is 0 Å². The first-order valence-electron chi connectivity index (χ1n) is 5.92. The fraction of sp³-hybridized carbons (Fsp3) is 0.636. The van der Waals surface area contributed by atoms with Crippen LogP contribution in [-0.2, 0) is 0 Å². The minimum absolute atomic E-state index is 0.520. The van der Waals surface area contributed by atoms with E-state index in [0.717, 1.165) is 18.2 Å². The first-order valence-corrected chi connectivity index (χ1v) is 5.92. The zero-order valence-electron chi connectivity index (χ0n) is 9.66. The Morgan fingerprint density at radius 1 is 1.31 bits per heavy atom. The first kappa shape index (κ1) is 11.0. The molecule has 4 N–H and O–H groups in total. The first-order chi connectivity index (χ1) is 7.81. The average molecular weight is 221 g/mol. The second kappa shape index (κ2) is 5.01. The molecule has 0 unspecified atom stereocenters. The molecule has 1 aromatic rings. The molecule has 2 rings (SSSR count). The Labute approximate surface area is 95.9 Å². The molecule has 0 bridgehead atoms.